The molecule has 0 spiro atoms. The third-order valence-corrected chi connectivity index (χ3v) is 4.97. The number of pyridine rings is 1. The maximum absolute atomic E-state index is 13.4. The van der Waals surface area contributed by atoms with Crippen LogP contribution in [-0.4, -0.2) is 35.2 Å². The Balaban J connectivity index is 1.65. The number of ether oxygens (including phenoxy) is 1. The summed E-state index contributed by atoms with van der Waals surface area (Å²) < 4.78 is 45.7. The largest absolute Gasteiger partial charge is 0.418 e. The van der Waals surface area contributed by atoms with E-state index in [0.29, 0.717) is 25.2 Å². The van der Waals surface area contributed by atoms with Crippen LogP contribution in [-0.2, 0) is 17.5 Å². The monoisotopic (exact) mass is 360 g/mol. The Kier molecular flexibility index (Phi) is 4.54. The van der Waals surface area contributed by atoms with Crippen molar-refractivity contribution < 1.29 is 17.9 Å². The molecule has 1 aromatic carbocycles. The molecule has 2 aromatic rings. The number of hydrogen-bond acceptors (Lipinski definition) is 3. The fourth-order valence-corrected chi connectivity index (χ4v) is 3.77. The van der Waals surface area contributed by atoms with Gasteiger partial charge in [0.05, 0.1) is 30.5 Å². The molecular formula is C20H19F3N2O. The highest BCUT2D eigenvalue weighted by Crippen LogP contribution is 2.38. The van der Waals surface area contributed by atoms with E-state index >= 15 is 0 Å². The molecule has 136 valence electrons. The highest BCUT2D eigenvalue weighted by atomic mass is 19.4. The van der Waals surface area contributed by atoms with Crippen LogP contribution >= 0.6 is 0 Å². The van der Waals surface area contributed by atoms with Crippen LogP contribution < -0.4 is 0 Å². The van der Waals surface area contributed by atoms with Crippen LogP contribution in [0.4, 0.5) is 13.2 Å². The first-order chi connectivity index (χ1) is 12.5. The second-order valence-corrected chi connectivity index (χ2v) is 6.71. The topological polar surface area (TPSA) is 25.4 Å². The lowest BCUT2D eigenvalue weighted by Gasteiger charge is -2.44. The average molecular weight is 360 g/mol. The zero-order valence-electron chi connectivity index (χ0n) is 14.1. The molecule has 0 amide bonds. The molecular weight excluding hydrogens is 341 g/mol. The van der Waals surface area contributed by atoms with E-state index in [1.165, 1.54) is 17.8 Å². The molecule has 2 atom stereocenters. The molecule has 2 aliphatic heterocycles. The van der Waals surface area contributed by atoms with Gasteiger partial charge in [-0.1, -0.05) is 36.4 Å². The molecule has 1 aromatic heterocycles. The van der Waals surface area contributed by atoms with Crippen molar-refractivity contribution >= 4 is 5.57 Å². The van der Waals surface area contributed by atoms with Crippen molar-refractivity contribution in [1.82, 2.24) is 9.88 Å². The Morgan fingerprint density at radius 3 is 2.62 bits per heavy atom. The molecule has 0 radical (unpaired) electrons. The summed E-state index contributed by atoms with van der Waals surface area (Å²) in [5.74, 6) is 0. The van der Waals surface area contributed by atoms with E-state index in [4.69, 9.17) is 4.74 Å². The summed E-state index contributed by atoms with van der Waals surface area (Å²) in [6.07, 6.45) is -0.579. The normalized spacial score (nSPS) is 23.6. The van der Waals surface area contributed by atoms with Gasteiger partial charge in [0.15, 0.2) is 0 Å². The molecule has 4 rings (SSSR count). The van der Waals surface area contributed by atoms with Crippen LogP contribution in [0.5, 0.6) is 0 Å². The number of hydrogen-bond donors (Lipinski definition) is 0. The van der Waals surface area contributed by atoms with E-state index in [1.807, 2.05) is 24.3 Å². The number of fused-ring (bicyclic) bond motifs is 2. The van der Waals surface area contributed by atoms with Gasteiger partial charge in [-0.25, -0.2) is 0 Å². The standard InChI is InChI=1S/C20H19F3N2O/c21-20(22,23)18-7-4-8-24-19(18)15-9-16-12-26-13-17(10-15)25(16)11-14-5-2-1-3-6-14/h1-9,16-17H,10-13H2. The average Bonchev–Trinajstić information content (AvgIpc) is 2.62. The van der Waals surface area contributed by atoms with Crippen LogP contribution in [0.3, 0.4) is 0 Å². The van der Waals surface area contributed by atoms with Gasteiger partial charge in [-0.2, -0.15) is 13.2 Å². The van der Waals surface area contributed by atoms with Gasteiger partial charge in [-0.05, 0) is 29.7 Å². The van der Waals surface area contributed by atoms with Crippen LogP contribution in [0.15, 0.2) is 54.7 Å². The lowest BCUT2D eigenvalue weighted by atomic mass is 9.90. The minimum atomic E-state index is -4.41. The van der Waals surface area contributed by atoms with E-state index in [-0.39, 0.29) is 17.8 Å². The quantitative estimate of drug-likeness (QED) is 0.822. The maximum atomic E-state index is 13.4. The molecule has 1 saturated heterocycles. The fourth-order valence-electron chi connectivity index (χ4n) is 3.77. The molecule has 3 nitrogen and oxygen atoms in total. The fraction of sp³-hybridized carbons (Fsp3) is 0.350. The molecule has 6 heteroatoms. The lowest BCUT2D eigenvalue weighted by molar-refractivity contribution is -0.138. The third-order valence-electron chi connectivity index (χ3n) is 4.97. The summed E-state index contributed by atoms with van der Waals surface area (Å²) in [4.78, 5) is 6.38. The Morgan fingerprint density at radius 1 is 1.08 bits per heavy atom. The van der Waals surface area contributed by atoms with Crippen molar-refractivity contribution in [2.45, 2.75) is 31.2 Å². The van der Waals surface area contributed by atoms with Crippen molar-refractivity contribution in [2.24, 2.45) is 0 Å². The summed E-state index contributed by atoms with van der Waals surface area (Å²) in [5.41, 5.74) is 1.24. The zero-order valence-corrected chi connectivity index (χ0v) is 14.1. The predicted octanol–water partition coefficient (Wildman–Crippen LogP) is 4.16. The van der Waals surface area contributed by atoms with Crippen molar-refractivity contribution in [2.75, 3.05) is 13.2 Å². The summed E-state index contributed by atoms with van der Waals surface area (Å²) in [5, 5.41) is 0. The molecule has 1 fully saturated rings. The second kappa shape index (κ2) is 6.85. The minimum absolute atomic E-state index is 0.0409. The van der Waals surface area contributed by atoms with Gasteiger partial charge in [0.25, 0.3) is 0 Å². The highest BCUT2D eigenvalue weighted by molar-refractivity contribution is 5.68. The van der Waals surface area contributed by atoms with Crippen LogP contribution in [0.1, 0.15) is 23.2 Å². The number of morpholine rings is 1. The Morgan fingerprint density at radius 2 is 1.88 bits per heavy atom. The van der Waals surface area contributed by atoms with Crippen molar-refractivity contribution in [3.63, 3.8) is 0 Å². The summed E-state index contributed by atoms with van der Waals surface area (Å²) >= 11 is 0. The Bertz CT molecular complexity index is 804. The van der Waals surface area contributed by atoms with Gasteiger partial charge in [0.1, 0.15) is 0 Å². The number of halogens is 3. The summed E-state index contributed by atoms with van der Waals surface area (Å²) in [7, 11) is 0. The molecule has 0 N–H and O–H groups in total. The zero-order chi connectivity index (χ0) is 18.1. The minimum Gasteiger partial charge on any atom is -0.378 e. The smallest absolute Gasteiger partial charge is 0.378 e. The van der Waals surface area contributed by atoms with Gasteiger partial charge in [0, 0.05) is 18.8 Å². The maximum Gasteiger partial charge on any atom is 0.418 e. The molecule has 2 unspecified atom stereocenters. The van der Waals surface area contributed by atoms with Gasteiger partial charge in [-0.3, -0.25) is 9.88 Å². The van der Waals surface area contributed by atoms with E-state index in [2.05, 4.69) is 22.0 Å². The number of alkyl halides is 3. The second-order valence-electron chi connectivity index (χ2n) is 6.71. The van der Waals surface area contributed by atoms with E-state index < -0.39 is 11.7 Å². The Labute approximate surface area is 150 Å². The molecule has 0 aliphatic carbocycles. The molecule has 2 bridgehead atoms. The van der Waals surface area contributed by atoms with Crippen molar-refractivity contribution in [3.8, 4) is 0 Å². The highest BCUT2D eigenvalue weighted by Gasteiger charge is 2.39. The molecule has 3 heterocycles. The van der Waals surface area contributed by atoms with Crippen LogP contribution in [0.25, 0.3) is 5.57 Å². The number of benzene rings is 1. The van der Waals surface area contributed by atoms with Gasteiger partial charge in [0.2, 0.25) is 0 Å². The van der Waals surface area contributed by atoms with Gasteiger partial charge >= 0.3 is 6.18 Å². The summed E-state index contributed by atoms with van der Waals surface area (Å²) in [6.45, 7) is 1.77. The third kappa shape index (κ3) is 3.39. The number of rotatable bonds is 3. The number of nitrogens with zero attached hydrogens (tertiary/aromatic N) is 2. The molecule has 2 aliphatic rings. The van der Waals surface area contributed by atoms with E-state index in [0.717, 1.165) is 12.6 Å². The van der Waals surface area contributed by atoms with Crippen molar-refractivity contribution in [1.29, 1.82) is 0 Å². The van der Waals surface area contributed by atoms with Gasteiger partial charge in [-0.15, -0.1) is 0 Å². The van der Waals surface area contributed by atoms with Crippen LogP contribution in [0, 0.1) is 0 Å². The van der Waals surface area contributed by atoms with Crippen molar-refractivity contribution in [3.05, 3.63) is 71.6 Å². The lowest BCUT2D eigenvalue weighted by Crippen LogP contribution is -2.53. The summed E-state index contributed by atoms with van der Waals surface area (Å²) in [6, 6.07) is 12.5. The first-order valence-electron chi connectivity index (χ1n) is 8.63. The Hall–Kier alpha value is -2.18. The molecule has 0 saturated carbocycles. The van der Waals surface area contributed by atoms with E-state index in [1.54, 1.807) is 0 Å². The first-order valence-corrected chi connectivity index (χ1v) is 8.63. The SMILES string of the molecule is FC(F)(F)c1cccnc1C1=CC2COCC(C1)N2Cc1ccccc1. The molecule has 26 heavy (non-hydrogen) atoms. The van der Waals surface area contributed by atoms with E-state index in [9.17, 15) is 13.2 Å². The first kappa shape index (κ1) is 17.2. The van der Waals surface area contributed by atoms with Gasteiger partial charge < -0.3 is 4.74 Å². The predicted molar refractivity (Wildman–Crippen MR) is 92.2 cm³/mol. The number of aromatic nitrogens is 1. The van der Waals surface area contributed by atoms with Crippen LogP contribution in [0.2, 0.25) is 0 Å².